The van der Waals surface area contributed by atoms with Crippen LogP contribution in [-0.2, 0) is 11.3 Å². The summed E-state index contributed by atoms with van der Waals surface area (Å²) in [6, 6.07) is 18.5. The number of hydrogen-bond donors (Lipinski definition) is 1. The van der Waals surface area contributed by atoms with E-state index in [1.165, 1.54) is 25.0 Å². The first kappa shape index (κ1) is 17.8. The summed E-state index contributed by atoms with van der Waals surface area (Å²) < 4.78 is 9.06. The number of anilines is 1. The second kappa shape index (κ2) is 7.64. The number of thiophene rings is 2. The van der Waals surface area contributed by atoms with E-state index in [-0.39, 0.29) is 5.91 Å². The Hall–Kier alpha value is -2.25. The first-order valence-corrected chi connectivity index (χ1v) is 11.0. The Labute approximate surface area is 171 Å². The summed E-state index contributed by atoms with van der Waals surface area (Å²) in [5.41, 5.74) is 2.05. The van der Waals surface area contributed by atoms with E-state index in [4.69, 9.17) is 4.74 Å². The molecule has 4 aromatic rings. The predicted octanol–water partition coefficient (Wildman–Crippen LogP) is 5.20. The zero-order valence-electron chi connectivity index (χ0n) is 15.3. The van der Waals surface area contributed by atoms with Crippen LogP contribution in [0.25, 0.3) is 19.5 Å². The third-order valence-corrected chi connectivity index (χ3v) is 7.38. The molecule has 0 aliphatic carbocycles. The smallest absolute Gasteiger partial charge is 0.265 e. The highest BCUT2D eigenvalue weighted by molar-refractivity contribution is 7.33. The number of amides is 1. The molecule has 1 N–H and O–H groups in total. The number of hydrogen-bond acceptors (Lipinski definition) is 5. The third kappa shape index (κ3) is 3.56. The number of fused-ring (bicyclic) bond motifs is 3. The first-order valence-electron chi connectivity index (χ1n) is 9.38. The molecular formula is C22H20N2O2S2. The minimum absolute atomic E-state index is 0.0407. The van der Waals surface area contributed by atoms with Crippen molar-refractivity contribution in [2.45, 2.75) is 6.54 Å². The van der Waals surface area contributed by atoms with E-state index in [0.29, 0.717) is 0 Å². The summed E-state index contributed by atoms with van der Waals surface area (Å²) in [5, 5.41) is 4.30. The molecule has 0 radical (unpaired) electrons. The SMILES string of the molecule is O=C(Nc1cccc(CN2CCOCC2)c1)c1cc2sc3ccccc3c2s1. The topological polar surface area (TPSA) is 41.6 Å². The maximum atomic E-state index is 12.8. The van der Waals surface area contributed by atoms with E-state index in [2.05, 4.69) is 40.5 Å². The number of nitrogens with zero attached hydrogens (tertiary/aromatic N) is 1. The summed E-state index contributed by atoms with van der Waals surface area (Å²) in [6.45, 7) is 4.38. The molecule has 2 aromatic carbocycles. The molecule has 2 aromatic heterocycles. The molecule has 1 aliphatic heterocycles. The molecule has 1 aliphatic rings. The number of morpholine rings is 1. The van der Waals surface area contributed by atoms with Crippen molar-refractivity contribution in [2.75, 3.05) is 31.6 Å². The average molecular weight is 409 g/mol. The average Bonchev–Trinajstić information content (AvgIpc) is 3.27. The second-order valence-corrected chi connectivity index (χ2v) is 9.08. The minimum atomic E-state index is -0.0407. The molecule has 0 atom stereocenters. The number of rotatable bonds is 4. The van der Waals surface area contributed by atoms with Crippen LogP contribution in [0.4, 0.5) is 5.69 Å². The Morgan fingerprint density at radius 1 is 1.00 bits per heavy atom. The van der Waals surface area contributed by atoms with Gasteiger partial charge < -0.3 is 10.1 Å². The molecule has 0 saturated carbocycles. The molecule has 3 heterocycles. The van der Waals surface area contributed by atoms with Crippen molar-refractivity contribution in [1.29, 1.82) is 0 Å². The Bertz CT molecular complexity index is 1140. The molecule has 4 nitrogen and oxygen atoms in total. The number of carbonyl (C=O) groups excluding carboxylic acids is 1. The van der Waals surface area contributed by atoms with Crippen molar-refractivity contribution in [3.8, 4) is 0 Å². The summed E-state index contributed by atoms with van der Waals surface area (Å²) in [4.78, 5) is 15.9. The van der Waals surface area contributed by atoms with Gasteiger partial charge in [0.1, 0.15) is 0 Å². The fourth-order valence-electron chi connectivity index (χ4n) is 3.57. The molecule has 142 valence electrons. The summed E-state index contributed by atoms with van der Waals surface area (Å²) in [7, 11) is 0. The van der Waals surface area contributed by atoms with Crippen molar-refractivity contribution in [1.82, 2.24) is 4.90 Å². The van der Waals surface area contributed by atoms with E-state index in [9.17, 15) is 4.79 Å². The van der Waals surface area contributed by atoms with Gasteiger partial charge in [-0.05, 0) is 29.8 Å². The van der Waals surface area contributed by atoms with E-state index >= 15 is 0 Å². The van der Waals surface area contributed by atoms with Crippen LogP contribution in [0.5, 0.6) is 0 Å². The monoisotopic (exact) mass is 408 g/mol. The molecule has 0 unspecified atom stereocenters. The van der Waals surface area contributed by atoms with Crippen molar-refractivity contribution in [2.24, 2.45) is 0 Å². The highest BCUT2D eigenvalue weighted by Gasteiger charge is 2.15. The summed E-state index contributed by atoms with van der Waals surface area (Å²) >= 11 is 3.31. The first-order chi connectivity index (χ1) is 13.8. The van der Waals surface area contributed by atoms with Gasteiger partial charge in [-0.1, -0.05) is 30.3 Å². The van der Waals surface area contributed by atoms with Gasteiger partial charge in [-0.25, -0.2) is 0 Å². The lowest BCUT2D eigenvalue weighted by atomic mass is 10.2. The van der Waals surface area contributed by atoms with Gasteiger partial charge >= 0.3 is 0 Å². The van der Waals surface area contributed by atoms with Gasteiger partial charge in [0.2, 0.25) is 0 Å². The van der Waals surface area contributed by atoms with E-state index < -0.39 is 0 Å². The molecular weight excluding hydrogens is 388 g/mol. The minimum Gasteiger partial charge on any atom is -0.379 e. The standard InChI is InChI=1S/C22H20N2O2S2/c25-22(20-13-19-21(28-20)17-6-1-2-7-18(17)27-19)23-16-5-3-4-15(12-16)14-24-8-10-26-11-9-24/h1-7,12-13H,8-11,14H2,(H,23,25). The molecule has 1 fully saturated rings. The van der Waals surface area contributed by atoms with Crippen molar-refractivity contribution in [3.05, 3.63) is 65.0 Å². The number of carbonyl (C=O) groups is 1. The van der Waals surface area contributed by atoms with Gasteiger partial charge in [-0.15, -0.1) is 22.7 Å². The maximum Gasteiger partial charge on any atom is 0.265 e. The lowest BCUT2D eigenvalue weighted by molar-refractivity contribution is 0.0342. The van der Waals surface area contributed by atoms with Crippen LogP contribution in [0.2, 0.25) is 0 Å². The van der Waals surface area contributed by atoms with Crippen LogP contribution >= 0.6 is 22.7 Å². The van der Waals surface area contributed by atoms with Crippen LogP contribution in [0, 0.1) is 0 Å². The molecule has 0 bridgehead atoms. The normalized spacial score (nSPS) is 15.3. The number of nitrogens with one attached hydrogen (secondary N) is 1. The molecule has 1 amide bonds. The van der Waals surface area contributed by atoms with Crippen molar-refractivity contribution >= 4 is 53.8 Å². The molecule has 28 heavy (non-hydrogen) atoms. The highest BCUT2D eigenvalue weighted by atomic mass is 32.1. The molecule has 1 saturated heterocycles. The zero-order valence-corrected chi connectivity index (χ0v) is 16.9. The van der Waals surface area contributed by atoms with E-state index in [1.54, 1.807) is 22.7 Å². The predicted molar refractivity (Wildman–Crippen MR) is 118 cm³/mol. The highest BCUT2D eigenvalue weighted by Crippen LogP contribution is 2.39. The number of benzene rings is 2. The largest absolute Gasteiger partial charge is 0.379 e. The molecule has 0 spiro atoms. The third-order valence-electron chi connectivity index (χ3n) is 4.97. The van der Waals surface area contributed by atoms with Gasteiger partial charge in [0.15, 0.2) is 0 Å². The fraction of sp³-hybridized carbons (Fsp3) is 0.227. The van der Waals surface area contributed by atoms with E-state index in [1.807, 2.05) is 24.3 Å². The van der Waals surface area contributed by atoms with Crippen molar-refractivity contribution < 1.29 is 9.53 Å². The quantitative estimate of drug-likeness (QED) is 0.505. The van der Waals surface area contributed by atoms with Crippen molar-refractivity contribution in [3.63, 3.8) is 0 Å². The zero-order chi connectivity index (χ0) is 18.9. The second-order valence-electron chi connectivity index (χ2n) is 6.95. The summed E-state index contributed by atoms with van der Waals surface area (Å²) in [6.07, 6.45) is 0. The lowest BCUT2D eigenvalue weighted by Crippen LogP contribution is -2.35. The van der Waals surface area contributed by atoms with E-state index in [0.717, 1.165) is 43.4 Å². The Morgan fingerprint density at radius 3 is 2.75 bits per heavy atom. The van der Waals surface area contributed by atoms with Gasteiger partial charge in [-0.2, -0.15) is 0 Å². The molecule has 6 heteroatoms. The van der Waals surface area contributed by atoms with Gasteiger partial charge in [0.25, 0.3) is 5.91 Å². The van der Waals surface area contributed by atoms with Crippen LogP contribution in [0.3, 0.4) is 0 Å². The van der Waals surface area contributed by atoms with Gasteiger partial charge in [0, 0.05) is 40.1 Å². The maximum absolute atomic E-state index is 12.8. The fourth-order valence-corrected chi connectivity index (χ4v) is 5.99. The van der Waals surface area contributed by atoms with Crippen LogP contribution < -0.4 is 5.32 Å². The van der Waals surface area contributed by atoms with Crippen LogP contribution in [0.1, 0.15) is 15.2 Å². The number of ether oxygens (including phenoxy) is 1. The van der Waals surface area contributed by atoms with Gasteiger partial charge in [0.05, 0.1) is 22.8 Å². The Morgan fingerprint density at radius 2 is 1.86 bits per heavy atom. The Kier molecular flexibility index (Phi) is 4.86. The van der Waals surface area contributed by atoms with Gasteiger partial charge in [-0.3, -0.25) is 9.69 Å². The Balaban J connectivity index is 1.33. The van der Waals surface area contributed by atoms with Crippen LogP contribution in [0.15, 0.2) is 54.6 Å². The summed E-state index contributed by atoms with van der Waals surface area (Å²) in [5.74, 6) is -0.0407. The van der Waals surface area contributed by atoms with Crippen LogP contribution in [-0.4, -0.2) is 37.1 Å². The molecule has 5 rings (SSSR count). The lowest BCUT2D eigenvalue weighted by Gasteiger charge is -2.26.